The largest absolute Gasteiger partial charge is 0.496 e. The van der Waals surface area contributed by atoms with Gasteiger partial charge < -0.3 is 19.7 Å². The zero-order valence-electron chi connectivity index (χ0n) is 17.5. The molecule has 0 atom stereocenters. The number of rotatable bonds is 7. The van der Waals surface area contributed by atoms with Crippen molar-refractivity contribution in [3.63, 3.8) is 0 Å². The fraction of sp³-hybridized carbons (Fsp3) is 0.476. The lowest BCUT2D eigenvalue weighted by Gasteiger charge is -2.26. The lowest BCUT2D eigenvalue weighted by atomic mass is 10.1. The van der Waals surface area contributed by atoms with Gasteiger partial charge in [-0.3, -0.25) is 4.79 Å². The third-order valence-corrected chi connectivity index (χ3v) is 5.72. The van der Waals surface area contributed by atoms with Gasteiger partial charge in [-0.1, -0.05) is 12.1 Å². The molecule has 1 aliphatic rings. The molecular weight excluding hydrogens is 388 g/mol. The van der Waals surface area contributed by atoms with Gasteiger partial charge in [0, 0.05) is 19.6 Å². The first-order chi connectivity index (χ1) is 14.0. The number of hydrogen-bond donors (Lipinski definition) is 1. The Morgan fingerprint density at radius 3 is 2.83 bits per heavy atom. The number of nitrogens with one attached hydrogen (secondary N) is 1. The maximum absolute atomic E-state index is 13.0. The summed E-state index contributed by atoms with van der Waals surface area (Å²) in [6.07, 6.45) is 4.59. The van der Waals surface area contributed by atoms with Crippen molar-refractivity contribution in [1.82, 2.24) is 10.3 Å². The molecule has 8 heteroatoms. The smallest absolute Gasteiger partial charge is 0.361 e. The van der Waals surface area contributed by atoms with Gasteiger partial charge in [0.2, 0.25) is 0 Å². The minimum atomic E-state index is -0.110. The molecule has 1 amide bonds. The average Bonchev–Trinajstić information content (AvgIpc) is 2.75. The zero-order valence-corrected chi connectivity index (χ0v) is 18.3. The van der Waals surface area contributed by atoms with E-state index < -0.39 is 0 Å². The first-order valence-electron chi connectivity index (χ1n) is 9.72. The van der Waals surface area contributed by atoms with Gasteiger partial charge in [0.25, 0.3) is 11.7 Å². The second kappa shape index (κ2) is 9.93. The van der Waals surface area contributed by atoms with Crippen molar-refractivity contribution < 1.29 is 18.8 Å². The average molecular weight is 418 g/mol. The van der Waals surface area contributed by atoms with Crippen molar-refractivity contribution in [3.8, 4) is 5.75 Å². The lowest BCUT2D eigenvalue weighted by molar-refractivity contribution is -0.713. The molecule has 1 saturated heterocycles. The molecule has 3 rings (SSSR count). The molecule has 1 aliphatic heterocycles. The van der Waals surface area contributed by atoms with Crippen LogP contribution in [0.2, 0.25) is 0 Å². The van der Waals surface area contributed by atoms with Crippen LogP contribution in [-0.4, -0.2) is 57.1 Å². The number of benzene rings is 1. The Morgan fingerprint density at radius 1 is 1.38 bits per heavy atom. The summed E-state index contributed by atoms with van der Waals surface area (Å²) >= 11 is 1.56. The molecule has 29 heavy (non-hydrogen) atoms. The van der Waals surface area contributed by atoms with Crippen LogP contribution >= 0.6 is 11.8 Å². The molecule has 2 heterocycles. The van der Waals surface area contributed by atoms with Crippen LogP contribution in [0.4, 0.5) is 5.82 Å². The summed E-state index contributed by atoms with van der Waals surface area (Å²) in [4.78, 5) is 19.9. The predicted molar refractivity (Wildman–Crippen MR) is 114 cm³/mol. The van der Waals surface area contributed by atoms with E-state index in [1.807, 2.05) is 43.1 Å². The number of nitrogens with zero attached hydrogens (tertiary/aromatic N) is 3. The van der Waals surface area contributed by atoms with E-state index in [4.69, 9.17) is 14.5 Å². The number of carbonyl (C=O) groups excluding carboxylic acids is 1. The van der Waals surface area contributed by atoms with Crippen LogP contribution in [-0.2, 0) is 18.2 Å². The van der Waals surface area contributed by atoms with Gasteiger partial charge in [-0.15, -0.1) is 0 Å². The number of amides is 1. The van der Waals surface area contributed by atoms with Gasteiger partial charge in [0.05, 0.1) is 27.4 Å². The van der Waals surface area contributed by atoms with Gasteiger partial charge >= 0.3 is 5.16 Å². The minimum Gasteiger partial charge on any atom is -0.496 e. The molecule has 0 aliphatic carbocycles. The Morgan fingerprint density at radius 2 is 2.14 bits per heavy atom. The Kier molecular flexibility index (Phi) is 7.33. The Balaban J connectivity index is 1.73. The van der Waals surface area contributed by atoms with E-state index in [2.05, 4.69) is 16.3 Å². The molecule has 7 nitrogen and oxygen atoms in total. The minimum absolute atomic E-state index is 0.110. The third kappa shape index (κ3) is 5.19. The van der Waals surface area contributed by atoms with E-state index in [1.54, 1.807) is 18.9 Å². The molecule has 1 N–H and O–H groups in total. The highest BCUT2D eigenvalue weighted by atomic mass is 32.2. The summed E-state index contributed by atoms with van der Waals surface area (Å²) in [5.41, 5.74) is 2.82. The van der Waals surface area contributed by atoms with E-state index in [-0.39, 0.29) is 5.91 Å². The van der Waals surface area contributed by atoms with Gasteiger partial charge in [-0.25, -0.2) is 4.57 Å². The number of anilines is 1. The summed E-state index contributed by atoms with van der Waals surface area (Å²) in [5.74, 6) is 1.49. The monoisotopic (exact) mass is 417 g/mol. The standard InChI is InChI=1S/C21H28N4O3S/c1-15-5-6-16(13-18(15)27-3)7-8-22-20(26)17-14-24(2)21(29-4)23-19(17)25-9-11-28-12-10-25/h5-6,13-14H,7-12H2,1-4H3/p+1. The van der Waals surface area contributed by atoms with E-state index in [1.165, 1.54) is 0 Å². The molecule has 0 spiro atoms. The van der Waals surface area contributed by atoms with Crippen molar-refractivity contribution in [1.29, 1.82) is 0 Å². The molecule has 2 aromatic rings. The summed E-state index contributed by atoms with van der Waals surface area (Å²) in [5, 5.41) is 3.92. The lowest BCUT2D eigenvalue weighted by Crippen LogP contribution is -2.42. The number of aryl methyl sites for hydroxylation is 2. The second-order valence-corrected chi connectivity index (χ2v) is 7.76. The van der Waals surface area contributed by atoms with Gasteiger partial charge in [-0.05, 0) is 53.5 Å². The molecule has 156 valence electrons. The van der Waals surface area contributed by atoms with Gasteiger partial charge in [0.1, 0.15) is 17.5 Å². The molecule has 1 aromatic heterocycles. The molecule has 1 fully saturated rings. The van der Waals surface area contributed by atoms with E-state index in [0.717, 1.165) is 47.4 Å². The highest BCUT2D eigenvalue weighted by molar-refractivity contribution is 7.98. The molecule has 0 radical (unpaired) electrons. The van der Waals surface area contributed by atoms with Crippen molar-refractivity contribution in [2.75, 3.05) is 51.1 Å². The number of hydrogen-bond acceptors (Lipinski definition) is 6. The zero-order chi connectivity index (χ0) is 20.8. The normalized spacial score (nSPS) is 14.0. The first kappa shape index (κ1) is 21.4. The molecule has 0 saturated carbocycles. The number of thioether (sulfide) groups is 1. The number of morpholine rings is 1. The maximum Gasteiger partial charge on any atom is 0.361 e. The Labute approximate surface area is 176 Å². The first-order valence-corrected chi connectivity index (χ1v) is 10.9. The number of ether oxygens (including phenoxy) is 2. The van der Waals surface area contributed by atoms with E-state index >= 15 is 0 Å². The van der Waals surface area contributed by atoms with Crippen molar-refractivity contribution in [2.45, 2.75) is 18.5 Å². The second-order valence-electron chi connectivity index (χ2n) is 6.99. The van der Waals surface area contributed by atoms with E-state index in [0.29, 0.717) is 25.3 Å². The van der Waals surface area contributed by atoms with Crippen LogP contribution in [0.25, 0.3) is 0 Å². The summed E-state index contributed by atoms with van der Waals surface area (Å²) in [6.45, 7) is 5.32. The Hall–Kier alpha value is -2.32. The fourth-order valence-electron chi connectivity index (χ4n) is 3.34. The van der Waals surface area contributed by atoms with Gasteiger partial charge in [-0.2, -0.15) is 0 Å². The maximum atomic E-state index is 13.0. The quantitative estimate of drug-likeness (QED) is 0.421. The molecule has 1 aromatic carbocycles. The SMILES string of the molecule is COc1cc(CCNC(=O)c2c[n+](C)c(SC)nc2N2CCOCC2)ccc1C. The summed E-state index contributed by atoms with van der Waals surface area (Å²) in [7, 11) is 3.59. The van der Waals surface area contributed by atoms with Crippen molar-refractivity contribution in [2.24, 2.45) is 7.05 Å². The summed E-state index contributed by atoms with van der Waals surface area (Å²) < 4.78 is 12.7. The third-order valence-electron chi connectivity index (χ3n) is 4.98. The molecule has 0 bridgehead atoms. The van der Waals surface area contributed by atoms with Crippen LogP contribution in [0.15, 0.2) is 29.6 Å². The Bertz CT molecular complexity index is 869. The molecular formula is C21H29N4O3S+. The highest BCUT2D eigenvalue weighted by Crippen LogP contribution is 2.21. The highest BCUT2D eigenvalue weighted by Gasteiger charge is 2.28. The van der Waals surface area contributed by atoms with Crippen LogP contribution in [0, 0.1) is 6.92 Å². The number of carbonyl (C=O) groups is 1. The van der Waals surface area contributed by atoms with Crippen LogP contribution in [0.1, 0.15) is 21.5 Å². The van der Waals surface area contributed by atoms with Gasteiger partial charge in [0.15, 0.2) is 0 Å². The topological polar surface area (TPSA) is 67.6 Å². The summed E-state index contributed by atoms with van der Waals surface area (Å²) in [6, 6.07) is 6.13. The number of aromatic nitrogens is 2. The predicted octanol–water partition coefficient (Wildman–Crippen LogP) is 1.75. The van der Waals surface area contributed by atoms with Crippen molar-refractivity contribution in [3.05, 3.63) is 41.1 Å². The fourth-order valence-corrected chi connectivity index (χ4v) is 3.86. The van der Waals surface area contributed by atoms with Crippen molar-refractivity contribution >= 4 is 23.5 Å². The molecule has 0 unspecified atom stereocenters. The van der Waals surface area contributed by atoms with Crippen LogP contribution in [0.5, 0.6) is 5.75 Å². The number of methoxy groups -OCH3 is 1. The van der Waals surface area contributed by atoms with Crippen LogP contribution in [0.3, 0.4) is 0 Å². The van der Waals surface area contributed by atoms with E-state index in [9.17, 15) is 4.79 Å². The van der Waals surface area contributed by atoms with Crippen LogP contribution < -0.4 is 19.5 Å².